The first kappa shape index (κ1) is 18.3. The Kier molecular flexibility index (Phi) is 5.10. The van der Waals surface area contributed by atoms with Gasteiger partial charge in [0.1, 0.15) is 16.5 Å². The van der Waals surface area contributed by atoms with Crippen molar-refractivity contribution < 1.29 is 4.39 Å². The van der Waals surface area contributed by atoms with E-state index < -0.39 is 0 Å². The zero-order chi connectivity index (χ0) is 19.0. The highest BCUT2D eigenvalue weighted by atomic mass is 35.5. The number of nitrogens with zero attached hydrogens (tertiary/aromatic N) is 2. The second-order valence-corrected chi connectivity index (χ2v) is 8.88. The molecule has 0 saturated carbocycles. The largest absolute Gasteiger partial charge is 0.309 e. The maximum Gasteiger partial charge on any atom is 0.260 e. The summed E-state index contributed by atoms with van der Waals surface area (Å²) in [6, 6.07) is 10.00. The molecule has 3 aromatic heterocycles. The van der Waals surface area contributed by atoms with E-state index >= 15 is 0 Å². The van der Waals surface area contributed by atoms with E-state index in [4.69, 9.17) is 11.6 Å². The van der Waals surface area contributed by atoms with Crippen molar-refractivity contribution in [3.05, 3.63) is 73.0 Å². The number of fused-ring (bicyclic) bond motifs is 1. The van der Waals surface area contributed by atoms with E-state index in [1.165, 1.54) is 23.5 Å². The van der Waals surface area contributed by atoms with Crippen molar-refractivity contribution in [1.82, 2.24) is 14.9 Å². The van der Waals surface area contributed by atoms with Crippen LogP contribution in [-0.4, -0.2) is 21.9 Å². The van der Waals surface area contributed by atoms with Crippen LogP contribution in [0.4, 0.5) is 4.39 Å². The zero-order valence-electron chi connectivity index (χ0n) is 14.3. The molecule has 138 valence electrons. The van der Waals surface area contributed by atoms with E-state index in [9.17, 15) is 9.18 Å². The standard InChI is InChI=1S/C19H15ClFN3OS2/c1-24(8-13-6-7-15(20)27-13)9-16-22-18(25)17-14(10-26-19(17)23-16)11-2-4-12(21)5-3-11/h2-7,10H,8-9H2,1H3,(H,22,23,25). The third kappa shape index (κ3) is 3.96. The summed E-state index contributed by atoms with van der Waals surface area (Å²) in [6.07, 6.45) is 0. The first-order valence-corrected chi connectivity index (χ1v) is 10.3. The van der Waals surface area contributed by atoms with Crippen molar-refractivity contribution in [3.8, 4) is 11.1 Å². The minimum atomic E-state index is -0.303. The fourth-order valence-corrected chi connectivity index (χ4v) is 5.06. The van der Waals surface area contributed by atoms with Gasteiger partial charge in [-0.2, -0.15) is 0 Å². The molecule has 8 heteroatoms. The molecule has 0 radical (unpaired) electrons. The summed E-state index contributed by atoms with van der Waals surface area (Å²) < 4.78 is 13.9. The lowest BCUT2D eigenvalue weighted by Crippen LogP contribution is -2.21. The lowest BCUT2D eigenvalue weighted by molar-refractivity contribution is 0.313. The van der Waals surface area contributed by atoms with Gasteiger partial charge in [-0.05, 0) is 36.9 Å². The van der Waals surface area contributed by atoms with E-state index in [1.54, 1.807) is 23.5 Å². The maximum absolute atomic E-state index is 13.2. The Bertz CT molecular complexity index is 1150. The number of hydrogen-bond acceptors (Lipinski definition) is 5. The molecule has 4 nitrogen and oxygen atoms in total. The van der Waals surface area contributed by atoms with Crippen LogP contribution in [0, 0.1) is 5.82 Å². The lowest BCUT2D eigenvalue weighted by atomic mass is 10.1. The second-order valence-electron chi connectivity index (χ2n) is 6.23. The number of hydrogen-bond donors (Lipinski definition) is 1. The Morgan fingerprint density at radius 1 is 1.19 bits per heavy atom. The number of aromatic amines is 1. The molecule has 0 atom stereocenters. The highest BCUT2D eigenvalue weighted by Crippen LogP contribution is 2.31. The fraction of sp³-hybridized carbons (Fsp3) is 0.158. The first-order chi connectivity index (χ1) is 13.0. The SMILES string of the molecule is CN(Cc1nc2scc(-c3ccc(F)cc3)c2c(=O)[nH]1)Cc1ccc(Cl)s1. The number of aromatic nitrogens is 2. The fourth-order valence-electron chi connectivity index (χ4n) is 2.92. The summed E-state index contributed by atoms with van der Waals surface area (Å²) in [6.45, 7) is 1.24. The van der Waals surface area contributed by atoms with Gasteiger partial charge in [-0.1, -0.05) is 23.7 Å². The van der Waals surface area contributed by atoms with Crippen molar-refractivity contribution >= 4 is 44.5 Å². The van der Waals surface area contributed by atoms with Crippen LogP contribution in [0.2, 0.25) is 4.34 Å². The number of halogens is 2. The van der Waals surface area contributed by atoms with Gasteiger partial charge in [0.05, 0.1) is 16.3 Å². The summed E-state index contributed by atoms with van der Waals surface area (Å²) in [5.41, 5.74) is 1.40. The molecule has 3 heterocycles. The van der Waals surface area contributed by atoms with E-state index in [0.717, 1.165) is 26.9 Å². The van der Waals surface area contributed by atoms with Crippen molar-refractivity contribution in [2.24, 2.45) is 0 Å². The third-order valence-electron chi connectivity index (χ3n) is 4.12. The van der Waals surface area contributed by atoms with Crippen molar-refractivity contribution in [2.75, 3.05) is 7.05 Å². The Labute approximate surface area is 167 Å². The van der Waals surface area contributed by atoms with E-state index in [1.807, 2.05) is 24.6 Å². The van der Waals surface area contributed by atoms with E-state index in [2.05, 4.69) is 14.9 Å². The highest BCUT2D eigenvalue weighted by Gasteiger charge is 2.14. The topological polar surface area (TPSA) is 49.0 Å². The number of benzene rings is 1. The predicted molar refractivity (Wildman–Crippen MR) is 110 cm³/mol. The molecule has 1 N–H and O–H groups in total. The van der Waals surface area contributed by atoms with Gasteiger partial charge in [0, 0.05) is 22.4 Å². The van der Waals surface area contributed by atoms with Gasteiger partial charge in [0.15, 0.2) is 0 Å². The van der Waals surface area contributed by atoms with Crippen LogP contribution in [0.3, 0.4) is 0 Å². The van der Waals surface area contributed by atoms with Gasteiger partial charge in [-0.15, -0.1) is 22.7 Å². The van der Waals surface area contributed by atoms with Crippen LogP contribution in [0.25, 0.3) is 21.3 Å². The number of rotatable bonds is 5. The molecule has 0 unspecified atom stereocenters. The highest BCUT2D eigenvalue weighted by molar-refractivity contribution is 7.17. The van der Waals surface area contributed by atoms with Crippen LogP contribution >= 0.6 is 34.3 Å². The van der Waals surface area contributed by atoms with Gasteiger partial charge >= 0.3 is 0 Å². The Hall–Kier alpha value is -2.06. The molecular weight excluding hydrogens is 405 g/mol. The first-order valence-electron chi connectivity index (χ1n) is 8.18. The lowest BCUT2D eigenvalue weighted by Gasteiger charge is -2.14. The summed E-state index contributed by atoms with van der Waals surface area (Å²) in [7, 11) is 1.97. The van der Waals surface area contributed by atoms with Crippen LogP contribution in [0.1, 0.15) is 10.7 Å². The van der Waals surface area contributed by atoms with Crippen molar-refractivity contribution in [2.45, 2.75) is 13.1 Å². The minimum absolute atomic E-state index is 0.178. The molecule has 0 amide bonds. The van der Waals surface area contributed by atoms with Crippen molar-refractivity contribution in [3.63, 3.8) is 0 Å². The Morgan fingerprint density at radius 2 is 1.96 bits per heavy atom. The zero-order valence-corrected chi connectivity index (χ0v) is 16.7. The van der Waals surface area contributed by atoms with Gasteiger partial charge < -0.3 is 4.98 Å². The maximum atomic E-state index is 13.2. The molecular formula is C19H15ClFN3OS2. The smallest absolute Gasteiger partial charge is 0.260 e. The molecule has 27 heavy (non-hydrogen) atoms. The average Bonchev–Trinajstić information content (AvgIpc) is 3.22. The van der Waals surface area contributed by atoms with Gasteiger partial charge in [-0.25, -0.2) is 9.37 Å². The monoisotopic (exact) mass is 419 g/mol. The summed E-state index contributed by atoms with van der Waals surface area (Å²) in [5, 5.41) is 2.43. The number of nitrogens with one attached hydrogen (secondary N) is 1. The normalized spacial score (nSPS) is 11.6. The van der Waals surface area contributed by atoms with Crippen molar-refractivity contribution in [1.29, 1.82) is 0 Å². The van der Waals surface area contributed by atoms with Gasteiger partial charge in [0.2, 0.25) is 0 Å². The molecule has 0 bridgehead atoms. The third-order valence-corrected chi connectivity index (χ3v) is 6.21. The molecule has 0 fully saturated rings. The molecule has 4 aromatic rings. The molecule has 0 aliphatic heterocycles. The van der Waals surface area contributed by atoms with Crippen LogP contribution in [0.15, 0.2) is 46.6 Å². The molecule has 1 aromatic carbocycles. The molecule has 0 spiro atoms. The Morgan fingerprint density at radius 3 is 2.67 bits per heavy atom. The van der Waals surface area contributed by atoms with E-state index in [0.29, 0.717) is 22.6 Å². The molecule has 0 aliphatic rings. The summed E-state index contributed by atoms with van der Waals surface area (Å²) in [4.78, 5) is 24.1. The summed E-state index contributed by atoms with van der Waals surface area (Å²) >= 11 is 8.93. The second kappa shape index (κ2) is 7.52. The predicted octanol–water partition coefficient (Wildman–Crippen LogP) is 5.14. The van der Waals surface area contributed by atoms with Crippen LogP contribution in [-0.2, 0) is 13.1 Å². The van der Waals surface area contributed by atoms with Gasteiger partial charge in [0.25, 0.3) is 5.56 Å². The van der Waals surface area contributed by atoms with Crippen LogP contribution < -0.4 is 5.56 Å². The van der Waals surface area contributed by atoms with E-state index in [-0.39, 0.29) is 11.4 Å². The number of thiophene rings is 2. The van der Waals surface area contributed by atoms with Gasteiger partial charge in [-0.3, -0.25) is 9.69 Å². The minimum Gasteiger partial charge on any atom is -0.309 e. The molecule has 4 rings (SSSR count). The Balaban J connectivity index is 1.61. The quantitative estimate of drug-likeness (QED) is 0.487. The molecule has 0 aliphatic carbocycles. The number of H-pyrrole nitrogens is 1. The van der Waals surface area contributed by atoms with Crippen LogP contribution in [0.5, 0.6) is 0 Å². The average molecular weight is 420 g/mol. The summed E-state index contributed by atoms with van der Waals surface area (Å²) in [5.74, 6) is 0.313. The molecule has 0 saturated heterocycles.